The van der Waals surface area contributed by atoms with Crippen molar-refractivity contribution >= 4 is 6.09 Å². The van der Waals surface area contributed by atoms with Gasteiger partial charge in [-0.25, -0.2) is 4.79 Å². The minimum atomic E-state index is -4.40. The van der Waals surface area contributed by atoms with Crippen LogP contribution in [0.5, 0.6) is 0 Å². The summed E-state index contributed by atoms with van der Waals surface area (Å²) in [6, 6.07) is 4.50. The molecule has 15 heavy (non-hydrogen) atoms. The van der Waals surface area contributed by atoms with Crippen LogP contribution in [0.1, 0.15) is 11.1 Å². The van der Waals surface area contributed by atoms with Gasteiger partial charge in [-0.15, -0.1) is 0 Å². The van der Waals surface area contributed by atoms with Gasteiger partial charge in [-0.2, -0.15) is 13.2 Å². The highest BCUT2D eigenvalue weighted by molar-refractivity contribution is 5.64. The smallest absolute Gasteiger partial charge is 0.416 e. The molecular weight excluding hydrogens is 211 g/mol. The predicted molar refractivity (Wildman–Crippen MR) is 45.8 cm³/mol. The van der Waals surface area contributed by atoms with Crippen molar-refractivity contribution in [2.75, 3.05) is 0 Å². The first-order valence-electron chi connectivity index (χ1n) is 3.98. The Balaban J connectivity index is 2.79. The van der Waals surface area contributed by atoms with Crippen molar-refractivity contribution in [1.29, 1.82) is 0 Å². The molecule has 0 aliphatic carbocycles. The van der Waals surface area contributed by atoms with E-state index in [0.717, 1.165) is 12.1 Å². The number of carbonyl (C=O) groups is 1. The second-order valence-corrected chi connectivity index (χ2v) is 2.81. The highest BCUT2D eigenvalue weighted by Crippen LogP contribution is 2.29. The van der Waals surface area contributed by atoms with Gasteiger partial charge in [0.05, 0.1) is 5.56 Å². The van der Waals surface area contributed by atoms with Crippen molar-refractivity contribution in [3.63, 3.8) is 0 Å². The van der Waals surface area contributed by atoms with E-state index in [4.69, 9.17) is 0 Å². The topological polar surface area (TPSA) is 52.3 Å². The van der Waals surface area contributed by atoms with Crippen molar-refractivity contribution in [3.8, 4) is 0 Å². The van der Waals surface area contributed by atoms with Gasteiger partial charge in [0.2, 0.25) is 0 Å². The summed E-state index contributed by atoms with van der Waals surface area (Å²) in [4.78, 5) is 10.2. The number of amides is 1. The molecule has 0 heterocycles. The summed E-state index contributed by atoms with van der Waals surface area (Å²) in [7, 11) is 0. The molecule has 6 heteroatoms. The zero-order valence-corrected chi connectivity index (χ0v) is 7.54. The number of primary amides is 1. The van der Waals surface area contributed by atoms with Crippen LogP contribution >= 0.6 is 0 Å². The Morgan fingerprint density at radius 1 is 1.40 bits per heavy atom. The Hall–Kier alpha value is -1.72. The number of hydrogen-bond donors (Lipinski definition) is 1. The molecule has 0 aliphatic heterocycles. The third kappa shape index (κ3) is 3.49. The standard InChI is InChI=1S/C9H8F3NO2/c10-9(11,12)7-3-1-2-6(4-7)5-15-8(13)14/h1-4H,5H2,(H2,13,14). The molecule has 0 aromatic heterocycles. The second-order valence-electron chi connectivity index (χ2n) is 2.81. The summed E-state index contributed by atoms with van der Waals surface area (Å²) in [5.74, 6) is 0. The second kappa shape index (κ2) is 4.20. The molecular formula is C9H8F3NO2. The van der Waals surface area contributed by atoms with Crippen LogP contribution in [0.25, 0.3) is 0 Å². The van der Waals surface area contributed by atoms with Crippen LogP contribution in [0.15, 0.2) is 24.3 Å². The normalized spacial score (nSPS) is 11.1. The largest absolute Gasteiger partial charge is 0.445 e. The average Bonchev–Trinajstić information content (AvgIpc) is 2.14. The third-order valence-electron chi connectivity index (χ3n) is 1.64. The molecule has 0 unspecified atom stereocenters. The summed E-state index contributed by atoms with van der Waals surface area (Å²) in [6.45, 7) is -0.265. The molecule has 3 nitrogen and oxygen atoms in total. The Bertz CT molecular complexity index is 363. The van der Waals surface area contributed by atoms with Gasteiger partial charge in [0.1, 0.15) is 6.61 Å². The Labute approximate surface area is 83.6 Å². The minimum absolute atomic E-state index is 0.239. The zero-order valence-electron chi connectivity index (χ0n) is 7.54. The first-order chi connectivity index (χ1) is 6.89. The number of benzene rings is 1. The molecule has 1 aromatic rings. The van der Waals surface area contributed by atoms with Crippen LogP contribution in [0, 0.1) is 0 Å². The molecule has 0 bridgehead atoms. The van der Waals surface area contributed by atoms with Gasteiger partial charge in [0.15, 0.2) is 0 Å². The zero-order chi connectivity index (χ0) is 11.5. The van der Waals surface area contributed by atoms with E-state index in [-0.39, 0.29) is 12.2 Å². The molecule has 0 saturated heterocycles. The first-order valence-corrected chi connectivity index (χ1v) is 3.98. The number of nitrogens with two attached hydrogens (primary N) is 1. The maximum atomic E-state index is 12.2. The van der Waals surface area contributed by atoms with Gasteiger partial charge in [-0.3, -0.25) is 0 Å². The number of carbonyl (C=O) groups excluding carboxylic acids is 1. The summed E-state index contributed by atoms with van der Waals surface area (Å²) < 4.78 is 41.1. The molecule has 1 amide bonds. The van der Waals surface area contributed by atoms with E-state index in [1.807, 2.05) is 0 Å². The molecule has 0 radical (unpaired) electrons. The summed E-state index contributed by atoms with van der Waals surface area (Å²) in [5.41, 5.74) is 4.14. The summed E-state index contributed by atoms with van der Waals surface area (Å²) in [6.07, 6.45) is -5.42. The third-order valence-corrected chi connectivity index (χ3v) is 1.64. The van der Waals surface area contributed by atoms with E-state index < -0.39 is 17.8 Å². The van der Waals surface area contributed by atoms with Crippen LogP contribution in [-0.4, -0.2) is 6.09 Å². The maximum absolute atomic E-state index is 12.2. The number of hydrogen-bond acceptors (Lipinski definition) is 2. The lowest BCUT2D eigenvalue weighted by Crippen LogP contribution is -2.13. The lowest BCUT2D eigenvalue weighted by molar-refractivity contribution is -0.137. The lowest BCUT2D eigenvalue weighted by atomic mass is 10.1. The quantitative estimate of drug-likeness (QED) is 0.829. The molecule has 0 saturated carbocycles. The fraction of sp³-hybridized carbons (Fsp3) is 0.222. The van der Waals surface area contributed by atoms with Crippen LogP contribution < -0.4 is 5.73 Å². The molecule has 1 aromatic carbocycles. The Morgan fingerprint density at radius 2 is 2.07 bits per heavy atom. The van der Waals surface area contributed by atoms with Gasteiger partial charge < -0.3 is 10.5 Å². The lowest BCUT2D eigenvalue weighted by Gasteiger charge is -2.08. The van der Waals surface area contributed by atoms with Crippen molar-refractivity contribution in [3.05, 3.63) is 35.4 Å². The molecule has 2 N–H and O–H groups in total. The number of alkyl halides is 3. The van der Waals surface area contributed by atoms with Crippen LogP contribution in [0.4, 0.5) is 18.0 Å². The molecule has 1 rings (SSSR count). The van der Waals surface area contributed by atoms with Crippen molar-refractivity contribution < 1.29 is 22.7 Å². The fourth-order valence-corrected chi connectivity index (χ4v) is 0.992. The van der Waals surface area contributed by atoms with Gasteiger partial charge in [-0.1, -0.05) is 12.1 Å². The minimum Gasteiger partial charge on any atom is -0.445 e. The molecule has 0 atom stereocenters. The summed E-state index contributed by atoms with van der Waals surface area (Å²) in [5, 5.41) is 0. The molecule has 0 aliphatic rings. The highest BCUT2D eigenvalue weighted by Gasteiger charge is 2.30. The maximum Gasteiger partial charge on any atom is 0.416 e. The van der Waals surface area contributed by atoms with Crippen LogP contribution in [-0.2, 0) is 17.5 Å². The Kier molecular flexibility index (Phi) is 3.18. The fourth-order valence-electron chi connectivity index (χ4n) is 0.992. The average molecular weight is 219 g/mol. The van der Waals surface area contributed by atoms with Crippen LogP contribution in [0.3, 0.4) is 0 Å². The van der Waals surface area contributed by atoms with Crippen molar-refractivity contribution in [2.45, 2.75) is 12.8 Å². The number of ether oxygens (including phenoxy) is 1. The predicted octanol–water partition coefficient (Wildman–Crippen LogP) is 2.30. The van der Waals surface area contributed by atoms with Gasteiger partial charge in [0, 0.05) is 0 Å². The number of halogens is 3. The van der Waals surface area contributed by atoms with E-state index in [1.54, 1.807) is 0 Å². The monoisotopic (exact) mass is 219 g/mol. The van der Waals surface area contributed by atoms with E-state index >= 15 is 0 Å². The van der Waals surface area contributed by atoms with Crippen LogP contribution in [0.2, 0.25) is 0 Å². The Morgan fingerprint density at radius 3 is 2.60 bits per heavy atom. The SMILES string of the molecule is NC(=O)OCc1cccc(C(F)(F)F)c1. The van der Waals surface area contributed by atoms with Crippen molar-refractivity contribution in [2.24, 2.45) is 5.73 Å². The van der Waals surface area contributed by atoms with Gasteiger partial charge in [0.25, 0.3) is 0 Å². The number of rotatable bonds is 2. The highest BCUT2D eigenvalue weighted by atomic mass is 19.4. The summed E-state index contributed by atoms with van der Waals surface area (Å²) >= 11 is 0. The first kappa shape index (κ1) is 11.4. The van der Waals surface area contributed by atoms with Gasteiger partial charge >= 0.3 is 12.3 Å². The van der Waals surface area contributed by atoms with E-state index in [0.29, 0.717) is 0 Å². The van der Waals surface area contributed by atoms with Crippen molar-refractivity contribution in [1.82, 2.24) is 0 Å². The van der Waals surface area contributed by atoms with E-state index in [1.165, 1.54) is 12.1 Å². The van der Waals surface area contributed by atoms with E-state index in [2.05, 4.69) is 10.5 Å². The molecule has 0 fully saturated rings. The van der Waals surface area contributed by atoms with E-state index in [9.17, 15) is 18.0 Å². The van der Waals surface area contributed by atoms with Gasteiger partial charge in [-0.05, 0) is 17.7 Å². The molecule has 0 spiro atoms. The molecule has 82 valence electrons.